The van der Waals surface area contributed by atoms with E-state index in [1.807, 2.05) is 0 Å². The summed E-state index contributed by atoms with van der Waals surface area (Å²) in [6.45, 7) is 6.38. The lowest BCUT2D eigenvalue weighted by atomic mass is 10.0. The molecule has 0 aliphatic heterocycles. The molecule has 1 atom stereocenters. The summed E-state index contributed by atoms with van der Waals surface area (Å²) >= 11 is 0. The van der Waals surface area contributed by atoms with Crippen LogP contribution < -0.4 is 0 Å². The summed E-state index contributed by atoms with van der Waals surface area (Å²) in [5.74, 6) is -0.965. The molecule has 6 nitrogen and oxygen atoms in total. The van der Waals surface area contributed by atoms with Crippen molar-refractivity contribution in [3.63, 3.8) is 0 Å². The van der Waals surface area contributed by atoms with Crippen LogP contribution in [-0.4, -0.2) is 37.2 Å². The largest absolute Gasteiger partial charge is 0.462 e. The molecule has 0 saturated heterocycles. The lowest BCUT2D eigenvalue weighted by Crippen LogP contribution is -2.30. The highest BCUT2D eigenvalue weighted by Crippen LogP contribution is 2.16. The van der Waals surface area contributed by atoms with Gasteiger partial charge in [0.05, 0.1) is 0 Å². The predicted molar refractivity (Wildman–Crippen MR) is 343 cm³/mol. The van der Waals surface area contributed by atoms with Crippen molar-refractivity contribution >= 4 is 17.9 Å². The molecular weight excluding hydrogens is 973 g/mol. The van der Waals surface area contributed by atoms with Crippen LogP contribution in [0.1, 0.15) is 290 Å². The minimum atomic E-state index is -0.811. The topological polar surface area (TPSA) is 78.9 Å². The highest BCUT2D eigenvalue weighted by molar-refractivity contribution is 5.71. The molecule has 448 valence electrons. The average Bonchev–Trinajstić information content (AvgIpc) is 3.45. The fourth-order valence-corrected chi connectivity index (χ4v) is 8.84. The Hall–Kier alpha value is -4.45. The van der Waals surface area contributed by atoms with E-state index >= 15 is 0 Å². The van der Waals surface area contributed by atoms with Gasteiger partial charge in [0.1, 0.15) is 13.2 Å². The fraction of sp³-hybridized carbons (Fsp3) is 0.658. The fourth-order valence-electron chi connectivity index (χ4n) is 8.84. The van der Waals surface area contributed by atoms with Crippen molar-refractivity contribution in [1.29, 1.82) is 0 Å². The lowest BCUT2D eigenvalue weighted by molar-refractivity contribution is -0.167. The van der Waals surface area contributed by atoms with Crippen LogP contribution in [0.15, 0.2) is 134 Å². The van der Waals surface area contributed by atoms with Crippen LogP contribution in [0.2, 0.25) is 0 Å². The first-order valence-corrected chi connectivity index (χ1v) is 32.7. The van der Waals surface area contributed by atoms with E-state index in [2.05, 4.69) is 154 Å². The zero-order valence-corrected chi connectivity index (χ0v) is 51.3. The third kappa shape index (κ3) is 64.3. The van der Waals surface area contributed by atoms with Gasteiger partial charge < -0.3 is 14.2 Å². The van der Waals surface area contributed by atoms with E-state index < -0.39 is 6.10 Å². The number of carbonyl (C=O) groups excluding carboxylic acids is 3. The molecule has 0 aromatic rings. The maximum atomic E-state index is 12.9. The second kappa shape index (κ2) is 66.1. The van der Waals surface area contributed by atoms with E-state index in [1.54, 1.807) is 0 Å². The number of allylic oxidation sites excluding steroid dienone is 22. The zero-order valence-electron chi connectivity index (χ0n) is 51.3. The van der Waals surface area contributed by atoms with Gasteiger partial charge in [0.2, 0.25) is 0 Å². The Morgan fingerprint density at radius 3 is 0.823 bits per heavy atom. The number of esters is 3. The van der Waals surface area contributed by atoms with Crippen molar-refractivity contribution in [3.05, 3.63) is 134 Å². The van der Waals surface area contributed by atoms with E-state index in [0.29, 0.717) is 19.3 Å². The Balaban J connectivity index is 4.50. The smallest absolute Gasteiger partial charge is 0.306 e. The maximum absolute atomic E-state index is 12.9. The van der Waals surface area contributed by atoms with Gasteiger partial charge in [0.25, 0.3) is 0 Å². The molecule has 0 N–H and O–H groups in total. The Labute approximate surface area is 487 Å². The zero-order chi connectivity index (χ0) is 57.1. The Kier molecular flexibility index (Phi) is 62.3. The van der Waals surface area contributed by atoms with Gasteiger partial charge in [0, 0.05) is 19.3 Å². The Bertz CT molecular complexity index is 1680. The minimum Gasteiger partial charge on any atom is -0.462 e. The number of rotatable bonds is 58. The van der Waals surface area contributed by atoms with Gasteiger partial charge in [-0.25, -0.2) is 0 Å². The minimum absolute atomic E-state index is 0.101. The van der Waals surface area contributed by atoms with E-state index in [9.17, 15) is 14.4 Å². The first-order valence-electron chi connectivity index (χ1n) is 32.7. The molecule has 0 aliphatic rings. The van der Waals surface area contributed by atoms with Crippen LogP contribution in [0, 0.1) is 0 Å². The van der Waals surface area contributed by atoms with E-state index in [1.165, 1.54) is 122 Å². The molecule has 0 rings (SSSR count). The number of hydrogen-bond acceptors (Lipinski definition) is 6. The summed E-state index contributed by atoms with van der Waals surface area (Å²) in [5.41, 5.74) is 0. The molecule has 0 saturated carbocycles. The normalized spacial score (nSPS) is 13.0. The third-order valence-corrected chi connectivity index (χ3v) is 13.7. The second-order valence-corrected chi connectivity index (χ2v) is 21.3. The molecule has 6 heteroatoms. The predicted octanol–water partition coefficient (Wildman–Crippen LogP) is 22.5. The molecule has 0 heterocycles. The maximum Gasteiger partial charge on any atom is 0.306 e. The summed E-state index contributed by atoms with van der Waals surface area (Å²) in [7, 11) is 0. The van der Waals surface area contributed by atoms with Gasteiger partial charge in [0.15, 0.2) is 6.10 Å². The first kappa shape index (κ1) is 74.5. The third-order valence-electron chi connectivity index (χ3n) is 13.7. The van der Waals surface area contributed by atoms with Crippen molar-refractivity contribution < 1.29 is 28.6 Å². The number of ether oxygens (including phenoxy) is 3. The molecule has 79 heavy (non-hydrogen) atoms. The Morgan fingerprint density at radius 2 is 0.506 bits per heavy atom. The highest BCUT2D eigenvalue weighted by atomic mass is 16.6. The number of carbonyl (C=O) groups is 3. The van der Waals surface area contributed by atoms with Crippen molar-refractivity contribution in [3.8, 4) is 0 Å². The van der Waals surface area contributed by atoms with Crippen molar-refractivity contribution in [2.24, 2.45) is 0 Å². The Morgan fingerprint density at radius 1 is 0.266 bits per heavy atom. The summed E-state index contributed by atoms with van der Waals surface area (Å²) in [5, 5.41) is 0. The molecule has 0 aromatic carbocycles. The van der Waals surface area contributed by atoms with Gasteiger partial charge in [-0.05, 0) is 109 Å². The molecular formula is C73H120O6. The molecule has 0 spiro atoms. The van der Waals surface area contributed by atoms with E-state index in [-0.39, 0.29) is 37.5 Å². The van der Waals surface area contributed by atoms with Gasteiger partial charge in [-0.1, -0.05) is 296 Å². The van der Waals surface area contributed by atoms with Gasteiger partial charge in [-0.2, -0.15) is 0 Å². The molecule has 0 aromatic heterocycles. The van der Waals surface area contributed by atoms with Crippen molar-refractivity contribution in [1.82, 2.24) is 0 Å². The summed E-state index contributed by atoms with van der Waals surface area (Å²) in [4.78, 5) is 38.4. The quantitative estimate of drug-likeness (QED) is 0.0261. The van der Waals surface area contributed by atoms with E-state index in [4.69, 9.17) is 14.2 Å². The van der Waals surface area contributed by atoms with Gasteiger partial charge in [-0.15, -0.1) is 0 Å². The van der Waals surface area contributed by atoms with Crippen LogP contribution in [-0.2, 0) is 28.6 Å². The second-order valence-electron chi connectivity index (χ2n) is 21.3. The lowest BCUT2D eigenvalue weighted by Gasteiger charge is -2.18. The molecule has 0 aliphatic carbocycles. The molecule has 0 amide bonds. The van der Waals surface area contributed by atoms with Gasteiger partial charge >= 0.3 is 17.9 Å². The standard InChI is InChI=1S/C73H120O6/c1-4-7-10-13-16-19-22-25-28-31-33-35-36-38-39-42-45-48-51-54-57-60-63-66-72(75)78-69-70(68-77-71(74)65-62-59-56-53-50-47-44-41-30-27-24-21-18-15-12-9-6-3)79-73(76)67-64-61-58-55-52-49-46-43-40-37-34-32-29-26-23-20-17-14-11-8-5-2/h7-8,10-11,16-17,19-20,25-26,28-29,33-35,37-39,45,48,54,57,70H,4-6,9,12-15,18,21-24,27,30-32,36,40-44,46-47,49-53,55-56,58-69H2,1-3H3/b10-7-,11-8-,19-16-,20-17-,28-25-,29-26-,35-33-,37-34-,39-38-,48-45-,57-54-. The SMILES string of the molecule is CC/C=C\C/C=C\C/C=C\C/C=C\C/C=C\C/C=C\C/C=C\CCCC(=O)OCC(COC(=O)CCCCCCCCCCCCCCCCCCC)OC(=O)CCCCCCCCCC/C=C\C/C=C\C/C=C\C/C=C\CC. The highest BCUT2D eigenvalue weighted by Gasteiger charge is 2.19. The average molecular weight is 1090 g/mol. The monoisotopic (exact) mass is 1090 g/mol. The van der Waals surface area contributed by atoms with Crippen LogP contribution in [0.5, 0.6) is 0 Å². The molecule has 0 fully saturated rings. The van der Waals surface area contributed by atoms with Crippen molar-refractivity contribution in [2.45, 2.75) is 297 Å². The van der Waals surface area contributed by atoms with Crippen molar-refractivity contribution in [2.75, 3.05) is 13.2 Å². The summed E-state index contributed by atoms with van der Waals surface area (Å²) in [6.07, 6.45) is 93.1. The van der Waals surface area contributed by atoms with E-state index in [0.717, 1.165) is 122 Å². The summed E-state index contributed by atoms with van der Waals surface area (Å²) < 4.78 is 16.9. The molecule has 0 bridgehead atoms. The van der Waals surface area contributed by atoms with Crippen LogP contribution >= 0.6 is 0 Å². The van der Waals surface area contributed by atoms with Crippen LogP contribution in [0.3, 0.4) is 0 Å². The number of hydrogen-bond donors (Lipinski definition) is 0. The van der Waals surface area contributed by atoms with Gasteiger partial charge in [-0.3, -0.25) is 14.4 Å². The number of unbranched alkanes of at least 4 members (excludes halogenated alkanes) is 25. The van der Waals surface area contributed by atoms with Crippen LogP contribution in [0.4, 0.5) is 0 Å². The summed E-state index contributed by atoms with van der Waals surface area (Å²) in [6, 6.07) is 0. The first-order chi connectivity index (χ1) is 39.0. The van der Waals surface area contributed by atoms with Crippen LogP contribution in [0.25, 0.3) is 0 Å². The molecule has 0 radical (unpaired) electrons. The molecule has 1 unspecified atom stereocenters.